The lowest BCUT2D eigenvalue weighted by atomic mass is 10.2. The van der Waals surface area contributed by atoms with Gasteiger partial charge in [0.15, 0.2) is 0 Å². The normalized spacial score (nSPS) is 10.6. The molecule has 0 atom stereocenters. The molecule has 0 aliphatic rings. The molecule has 21 heavy (non-hydrogen) atoms. The zero-order valence-corrected chi connectivity index (χ0v) is 13.1. The SMILES string of the molecule is CCCN(CCC)C(=O)c1cc(CCC(=O)O)nn1CC. The van der Waals surface area contributed by atoms with Crippen LogP contribution < -0.4 is 0 Å². The van der Waals surface area contributed by atoms with E-state index in [0.717, 1.165) is 25.9 Å². The number of carbonyl (C=O) groups is 2. The number of rotatable bonds is 9. The topological polar surface area (TPSA) is 75.4 Å². The minimum atomic E-state index is -0.854. The molecule has 1 N–H and O–H groups in total. The lowest BCUT2D eigenvalue weighted by molar-refractivity contribution is -0.136. The van der Waals surface area contributed by atoms with E-state index in [2.05, 4.69) is 5.10 Å². The Morgan fingerprint density at radius 3 is 2.33 bits per heavy atom. The van der Waals surface area contributed by atoms with Gasteiger partial charge in [-0.15, -0.1) is 0 Å². The zero-order valence-electron chi connectivity index (χ0n) is 13.1. The molecule has 0 radical (unpaired) electrons. The van der Waals surface area contributed by atoms with E-state index in [4.69, 9.17) is 5.11 Å². The number of hydrogen-bond acceptors (Lipinski definition) is 3. The molecule has 0 aliphatic heterocycles. The highest BCUT2D eigenvalue weighted by molar-refractivity contribution is 5.92. The second-order valence-electron chi connectivity index (χ2n) is 5.02. The number of carboxylic acid groups (broad SMARTS) is 1. The molecule has 0 aliphatic carbocycles. The summed E-state index contributed by atoms with van der Waals surface area (Å²) in [7, 11) is 0. The van der Waals surface area contributed by atoms with Crippen molar-refractivity contribution < 1.29 is 14.7 Å². The summed E-state index contributed by atoms with van der Waals surface area (Å²) < 4.78 is 1.66. The van der Waals surface area contributed by atoms with E-state index in [9.17, 15) is 9.59 Å². The maximum Gasteiger partial charge on any atom is 0.303 e. The highest BCUT2D eigenvalue weighted by Crippen LogP contribution is 2.11. The Morgan fingerprint density at radius 2 is 1.86 bits per heavy atom. The average molecular weight is 295 g/mol. The summed E-state index contributed by atoms with van der Waals surface area (Å²) in [6.07, 6.45) is 2.21. The molecule has 118 valence electrons. The Balaban J connectivity index is 2.92. The monoisotopic (exact) mass is 295 g/mol. The van der Waals surface area contributed by atoms with Crippen molar-refractivity contribution in [2.45, 2.75) is 53.0 Å². The molecule has 0 unspecified atom stereocenters. The Bertz CT molecular complexity index is 477. The van der Waals surface area contributed by atoms with Crippen molar-refractivity contribution in [1.29, 1.82) is 0 Å². The first kappa shape index (κ1) is 17.2. The van der Waals surface area contributed by atoms with E-state index < -0.39 is 5.97 Å². The maximum atomic E-state index is 12.6. The molecule has 1 rings (SSSR count). The van der Waals surface area contributed by atoms with E-state index in [0.29, 0.717) is 24.4 Å². The van der Waals surface area contributed by atoms with Crippen LogP contribution in [-0.4, -0.2) is 44.8 Å². The van der Waals surface area contributed by atoms with Gasteiger partial charge in [0.25, 0.3) is 5.91 Å². The molecule has 0 saturated carbocycles. The van der Waals surface area contributed by atoms with Crippen LogP contribution in [-0.2, 0) is 17.8 Å². The minimum absolute atomic E-state index is 0.0189. The number of aliphatic carboxylic acids is 1. The second kappa shape index (κ2) is 8.44. The molecule has 1 amide bonds. The molecule has 0 saturated heterocycles. The van der Waals surface area contributed by atoms with E-state index in [1.54, 1.807) is 10.7 Å². The van der Waals surface area contributed by atoms with E-state index in [1.165, 1.54) is 0 Å². The number of aromatic nitrogens is 2. The summed E-state index contributed by atoms with van der Waals surface area (Å²) >= 11 is 0. The van der Waals surface area contributed by atoms with Gasteiger partial charge in [-0.2, -0.15) is 5.10 Å². The molecular formula is C15H25N3O3. The summed E-state index contributed by atoms with van der Waals surface area (Å²) in [6.45, 7) is 8.07. The number of hydrogen-bond donors (Lipinski definition) is 1. The van der Waals surface area contributed by atoms with Crippen LogP contribution in [0.1, 0.15) is 56.2 Å². The minimum Gasteiger partial charge on any atom is -0.481 e. The van der Waals surface area contributed by atoms with Crippen molar-refractivity contribution >= 4 is 11.9 Å². The van der Waals surface area contributed by atoms with Crippen LogP contribution in [0.4, 0.5) is 0 Å². The molecule has 0 bridgehead atoms. The van der Waals surface area contributed by atoms with Gasteiger partial charge in [-0.05, 0) is 25.8 Å². The summed E-state index contributed by atoms with van der Waals surface area (Å²) in [5.41, 5.74) is 1.22. The predicted octanol–water partition coefficient (Wildman–Crippen LogP) is 2.18. The standard InChI is InChI=1S/C15H25N3O3/c1-4-9-17(10-5-2)15(21)13-11-12(7-8-14(19)20)16-18(13)6-3/h11H,4-10H2,1-3H3,(H,19,20). The molecule has 0 spiro atoms. The van der Waals surface area contributed by atoms with Crippen LogP contribution in [0.25, 0.3) is 0 Å². The predicted molar refractivity (Wildman–Crippen MR) is 80.3 cm³/mol. The smallest absolute Gasteiger partial charge is 0.303 e. The second-order valence-corrected chi connectivity index (χ2v) is 5.02. The number of carboxylic acids is 1. The Labute approximate surface area is 125 Å². The summed E-state index contributed by atoms with van der Waals surface area (Å²) in [5.74, 6) is -0.873. The first-order chi connectivity index (χ1) is 10.0. The lowest BCUT2D eigenvalue weighted by Crippen LogP contribution is -2.34. The van der Waals surface area contributed by atoms with Crippen molar-refractivity contribution in [2.24, 2.45) is 0 Å². The van der Waals surface area contributed by atoms with Crippen LogP contribution >= 0.6 is 0 Å². The Morgan fingerprint density at radius 1 is 1.24 bits per heavy atom. The summed E-state index contributed by atoms with van der Waals surface area (Å²) in [4.78, 5) is 25.1. The lowest BCUT2D eigenvalue weighted by Gasteiger charge is -2.21. The average Bonchev–Trinajstić information content (AvgIpc) is 2.87. The van der Waals surface area contributed by atoms with Crippen molar-refractivity contribution in [2.75, 3.05) is 13.1 Å². The van der Waals surface area contributed by atoms with Crippen molar-refractivity contribution in [1.82, 2.24) is 14.7 Å². The van der Waals surface area contributed by atoms with Gasteiger partial charge in [0.1, 0.15) is 5.69 Å². The summed E-state index contributed by atoms with van der Waals surface area (Å²) in [6, 6.07) is 1.73. The fourth-order valence-electron chi connectivity index (χ4n) is 2.26. The molecule has 1 aromatic heterocycles. The van der Waals surface area contributed by atoms with Crippen LogP contribution in [0.3, 0.4) is 0 Å². The van der Waals surface area contributed by atoms with E-state index >= 15 is 0 Å². The van der Waals surface area contributed by atoms with Gasteiger partial charge in [-0.1, -0.05) is 13.8 Å². The molecule has 6 heteroatoms. The van der Waals surface area contributed by atoms with E-state index in [1.807, 2.05) is 25.7 Å². The van der Waals surface area contributed by atoms with Gasteiger partial charge in [-0.3, -0.25) is 14.3 Å². The van der Waals surface area contributed by atoms with Crippen molar-refractivity contribution in [3.8, 4) is 0 Å². The third-order valence-corrected chi connectivity index (χ3v) is 3.22. The molecule has 6 nitrogen and oxygen atoms in total. The van der Waals surface area contributed by atoms with Crippen LogP contribution in [0.5, 0.6) is 0 Å². The van der Waals surface area contributed by atoms with Crippen molar-refractivity contribution in [3.05, 3.63) is 17.5 Å². The molecule has 0 fully saturated rings. The highest BCUT2D eigenvalue weighted by atomic mass is 16.4. The van der Waals surface area contributed by atoms with Crippen LogP contribution in [0.2, 0.25) is 0 Å². The Kier molecular flexibility index (Phi) is 6.91. The maximum absolute atomic E-state index is 12.6. The quantitative estimate of drug-likeness (QED) is 0.757. The molecule has 1 heterocycles. The third-order valence-electron chi connectivity index (χ3n) is 3.22. The Hall–Kier alpha value is -1.85. The van der Waals surface area contributed by atoms with Crippen LogP contribution in [0.15, 0.2) is 6.07 Å². The zero-order chi connectivity index (χ0) is 15.8. The number of carbonyl (C=O) groups excluding carboxylic acids is 1. The van der Waals surface area contributed by atoms with Gasteiger partial charge in [0, 0.05) is 26.1 Å². The first-order valence-corrected chi connectivity index (χ1v) is 7.61. The molecule has 0 aromatic carbocycles. The van der Waals surface area contributed by atoms with E-state index in [-0.39, 0.29) is 12.3 Å². The fourth-order valence-corrected chi connectivity index (χ4v) is 2.26. The first-order valence-electron chi connectivity index (χ1n) is 7.61. The summed E-state index contributed by atoms with van der Waals surface area (Å²) in [5, 5.41) is 13.1. The van der Waals surface area contributed by atoms with Crippen LogP contribution in [0, 0.1) is 0 Å². The van der Waals surface area contributed by atoms with Gasteiger partial charge < -0.3 is 10.0 Å². The largest absolute Gasteiger partial charge is 0.481 e. The fraction of sp³-hybridized carbons (Fsp3) is 0.667. The third kappa shape index (κ3) is 4.88. The highest BCUT2D eigenvalue weighted by Gasteiger charge is 2.20. The van der Waals surface area contributed by atoms with Gasteiger partial charge in [0.05, 0.1) is 12.1 Å². The number of nitrogens with zero attached hydrogens (tertiary/aromatic N) is 3. The van der Waals surface area contributed by atoms with Gasteiger partial charge in [-0.25, -0.2) is 0 Å². The molecule has 1 aromatic rings. The van der Waals surface area contributed by atoms with Gasteiger partial charge >= 0.3 is 5.97 Å². The number of amides is 1. The van der Waals surface area contributed by atoms with Gasteiger partial charge in [0.2, 0.25) is 0 Å². The number of aryl methyl sites for hydroxylation is 2. The van der Waals surface area contributed by atoms with Crippen molar-refractivity contribution in [3.63, 3.8) is 0 Å². The molecular weight excluding hydrogens is 270 g/mol.